The molecule has 2 rings (SSSR count). The van der Waals surface area contributed by atoms with Gasteiger partial charge in [0.15, 0.2) is 5.76 Å². The van der Waals surface area contributed by atoms with E-state index in [2.05, 4.69) is 4.74 Å². The van der Waals surface area contributed by atoms with Crippen LogP contribution in [0, 0.1) is 11.3 Å². The van der Waals surface area contributed by atoms with E-state index in [-0.39, 0.29) is 5.56 Å². The van der Waals surface area contributed by atoms with Crippen LogP contribution in [0.4, 0.5) is 31.1 Å². The molecular weight excluding hydrogens is 436 g/mol. The molecule has 0 N–H and O–H groups in total. The fourth-order valence-electron chi connectivity index (χ4n) is 2.36. The van der Waals surface area contributed by atoms with Crippen LogP contribution in [0.25, 0.3) is 11.3 Å². The molecule has 0 aliphatic carbocycles. The van der Waals surface area contributed by atoms with E-state index in [9.17, 15) is 36.4 Å². The SMILES string of the molecule is CSC(=O)OC(=C(C#N)c1ccc(OC(F)(F)F)cc1)c1ccccc1C(F)(F)F. The number of allylic oxidation sites excluding steroid dienone is 1. The highest BCUT2D eigenvalue weighted by molar-refractivity contribution is 8.12. The average molecular weight is 447 g/mol. The van der Waals surface area contributed by atoms with Crippen LogP contribution in [-0.4, -0.2) is 17.9 Å². The molecule has 4 nitrogen and oxygen atoms in total. The summed E-state index contributed by atoms with van der Waals surface area (Å²) >= 11 is 0.562. The predicted molar refractivity (Wildman–Crippen MR) is 97.0 cm³/mol. The van der Waals surface area contributed by atoms with Crippen molar-refractivity contribution in [3.05, 3.63) is 65.2 Å². The van der Waals surface area contributed by atoms with Crippen molar-refractivity contribution in [3.63, 3.8) is 0 Å². The van der Waals surface area contributed by atoms with E-state index >= 15 is 0 Å². The molecule has 2 aromatic carbocycles. The van der Waals surface area contributed by atoms with Crippen LogP contribution in [0.5, 0.6) is 5.75 Å². The molecule has 0 aromatic heterocycles. The van der Waals surface area contributed by atoms with Crippen molar-refractivity contribution < 1.29 is 40.6 Å². The average Bonchev–Trinajstić information content (AvgIpc) is 2.67. The third kappa shape index (κ3) is 5.93. The minimum atomic E-state index is -4.94. The number of carbonyl (C=O) groups excluding carboxylic acids is 1. The van der Waals surface area contributed by atoms with Crippen molar-refractivity contribution in [2.45, 2.75) is 12.5 Å². The second-order valence-corrected chi connectivity index (χ2v) is 6.23. The molecule has 158 valence electrons. The number of halogens is 6. The Morgan fingerprint density at radius 1 is 1.00 bits per heavy atom. The Morgan fingerprint density at radius 2 is 1.60 bits per heavy atom. The molecule has 0 fully saturated rings. The molecule has 0 heterocycles. The van der Waals surface area contributed by atoms with Gasteiger partial charge in [-0.1, -0.05) is 18.2 Å². The van der Waals surface area contributed by atoms with E-state index in [1.807, 2.05) is 0 Å². The minimum absolute atomic E-state index is 0.0760. The highest BCUT2D eigenvalue weighted by Crippen LogP contribution is 2.38. The van der Waals surface area contributed by atoms with Gasteiger partial charge in [-0.2, -0.15) is 18.4 Å². The normalized spacial score (nSPS) is 12.6. The van der Waals surface area contributed by atoms with Gasteiger partial charge in [0.25, 0.3) is 0 Å². The zero-order chi connectivity index (χ0) is 22.5. The van der Waals surface area contributed by atoms with Crippen molar-refractivity contribution in [3.8, 4) is 11.8 Å². The lowest BCUT2D eigenvalue weighted by atomic mass is 9.98. The Balaban J connectivity index is 2.67. The fraction of sp³-hybridized carbons (Fsp3) is 0.158. The maximum absolute atomic E-state index is 13.4. The second kappa shape index (κ2) is 9.13. The Morgan fingerprint density at radius 3 is 2.10 bits per heavy atom. The third-order valence-electron chi connectivity index (χ3n) is 3.54. The van der Waals surface area contributed by atoms with Crippen LogP contribution in [0.2, 0.25) is 0 Å². The van der Waals surface area contributed by atoms with Gasteiger partial charge in [0.1, 0.15) is 17.4 Å². The summed E-state index contributed by atoms with van der Waals surface area (Å²) in [6.07, 6.45) is -8.44. The zero-order valence-electron chi connectivity index (χ0n) is 15.0. The van der Waals surface area contributed by atoms with Crippen molar-refractivity contribution >= 4 is 28.4 Å². The molecule has 11 heteroatoms. The standard InChI is InChI=1S/C19H11F6NO3S/c1-30-17(27)28-16(13-4-2-3-5-15(13)18(20,21)22)14(10-26)11-6-8-12(9-7-11)29-19(23,24)25/h2-9H,1H3. The molecule has 0 unspecified atom stereocenters. The maximum atomic E-state index is 13.4. The van der Waals surface area contributed by atoms with Gasteiger partial charge < -0.3 is 9.47 Å². The summed E-state index contributed by atoms with van der Waals surface area (Å²) in [5, 5.41) is 8.57. The summed E-state index contributed by atoms with van der Waals surface area (Å²) < 4.78 is 86.0. The summed E-state index contributed by atoms with van der Waals surface area (Å²) in [5.74, 6) is -1.27. The van der Waals surface area contributed by atoms with Crippen LogP contribution in [0.15, 0.2) is 48.5 Å². The molecule has 0 saturated heterocycles. The van der Waals surface area contributed by atoms with Crippen molar-refractivity contribution in [1.29, 1.82) is 5.26 Å². The molecule has 0 spiro atoms. The number of benzene rings is 2. The van der Waals surface area contributed by atoms with E-state index in [4.69, 9.17) is 4.74 Å². The first-order valence-electron chi connectivity index (χ1n) is 7.89. The molecule has 0 atom stereocenters. The van der Waals surface area contributed by atoms with E-state index < -0.39 is 46.0 Å². The van der Waals surface area contributed by atoms with Crippen LogP contribution in [0.1, 0.15) is 16.7 Å². The lowest BCUT2D eigenvalue weighted by Gasteiger charge is -2.17. The number of ether oxygens (including phenoxy) is 2. The van der Waals surface area contributed by atoms with Gasteiger partial charge in [-0.25, -0.2) is 4.79 Å². The molecule has 0 amide bonds. The number of hydrogen-bond acceptors (Lipinski definition) is 5. The maximum Gasteiger partial charge on any atom is 0.573 e. The van der Waals surface area contributed by atoms with Gasteiger partial charge in [0.05, 0.1) is 5.56 Å². The number of alkyl halides is 6. The van der Waals surface area contributed by atoms with E-state index in [1.54, 1.807) is 6.07 Å². The molecule has 0 bridgehead atoms. The van der Waals surface area contributed by atoms with E-state index in [1.165, 1.54) is 12.3 Å². The Labute approximate surface area is 170 Å². The summed E-state index contributed by atoms with van der Waals surface area (Å²) in [7, 11) is 0. The second-order valence-electron chi connectivity index (χ2n) is 5.49. The Bertz CT molecular complexity index is 991. The minimum Gasteiger partial charge on any atom is -0.416 e. The van der Waals surface area contributed by atoms with E-state index in [0.29, 0.717) is 11.8 Å². The largest absolute Gasteiger partial charge is 0.573 e. The van der Waals surface area contributed by atoms with Gasteiger partial charge in [-0.15, -0.1) is 13.2 Å². The molecule has 0 aliphatic rings. The van der Waals surface area contributed by atoms with Crippen LogP contribution in [-0.2, 0) is 10.9 Å². The number of nitrogens with zero attached hydrogens (tertiary/aromatic N) is 1. The van der Waals surface area contributed by atoms with Gasteiger partial charge in [-0.05, 0) is 53.9 Å². The number of rotatable bonds is 4. The topological polar surface area (TPSA) is 59.3 Å². The molecular formula is C19H11F6NO3S. The van der Waals surface area contributed by atoms with Crippen molar-refractivity contribution in [2.75, 3.05) is 6.26 Å². The van der Waals surface area contributed by atoms with Crippen molar-refractivity contribution in [1.82, 2.24) is 0 Å². The van der Waals surface area contributed by atoms with Crippen molar-refractivity contribution in [2.24, 2.45) is 0 Å². The highest BCUT2D eigenvalue weighted by Gasteiger charge is 2.36. The molecule has 0 aliphatic heterocycles. The van der Waals surface area contributed by atoms with Gasteiger partial charge >= 0.3 is 17.8 Å². The summed E-state index contributed by atoms with van der Waals surface area (Å²) in [6.45, 7) is 0. The first-order chi connectivity index (χ1) is 14.0. The lowest BCUT2D eigenvalue weighted by Crippen LogP contribution is -2.17. The molecule has 0 radical (unpaired) electrons. The number of hydrogen-bond donors (Lipinski definition) is 0. The quantitative estimate of drug-likeness (QED) is 0.176. The van der Waals surface area contributed by atoms with Crippen LogP contribution in [0.3, 0.4) is 0 Å². The first-order valence-corrected chi connectivity index (χ1v) is 9.11. The fourth-order valence-corrected chi connectivity index (χ4v) is 2.53. The summed E-state index contributed by atoms with van der Waals surface area (Å²) in [5.41, 5.74) is -2.28. The number of nitriles is 1. The monoisotopic (exact) mass is 447 g/mol. The van der Waals surface area contributed by atoms with E-state index in [0.717, 1.165) is 42.5 Å². The van der Waals surface area contributed by atoms with Crippen LogP contribution >= 0.6 is 11.8 Å². The highest BCUT2D eigenvalue weighted by atomic mass is 32.2. The van der Waals surface area contributed by atoms with Crippen LogP contribution < -0.4 is 4.74 Å². The summed E-state index contributed by atoms with van der Waals surface area (Å²) in [4.78, 5) is 11.8. The number of thioether (sulfide) groups is 1. The molecule has 0 saturated carbocycles. The smallest absolute Gasteiger partial charge is 0.416 e. The molecule has 30 heavy (non-hydrogen) atoms. The summed E-state index contributed by atoms with van der Waals surface area (Å²) in [6, 6.07) is 9.62. The predicted octanol–water partition coefficient (Wildman–Crippen LogP) is 6.50. The first kappa shape index (κ1) is 23.2. The lowest BCUT2D eigenvalue weighted by molar-refractivity contribution is -0.274. The van der Waals surface area contributed by atoms with Gasteiger partial charge in [0, 0.05) is 5.56 Å². The molecule has 2 aromatic rings. The Hall–Kier alpha value is -3.13. The Kier molecular flexibility index (Phi) is 7.04. The zero-order valence-corrected chi connectivity index (χ0v) is 15.8. The number of carbonyl (C=O) groups is 1. The van der Waals surface area contributed by atoms with Gasteiger partial charge in [-0.3, -0.25) is 0 Å². The van der Waals surface area contributed by atoms with Gasteiger partial charge in [0.2, 0.25) is 0 Å². The third-order valence-corrected chi connectivity index (χ3v) is 3.96.